The molecule has 0 saturated heterocycles. The van der Waals surface area contributed by atoms with Crippen LogP contribution >= 0.6 is 11.6 Å². The highest BCUT2D eigenvalue weighted by atomic mass is 35.5. The topological polar surface area (TPSA) is 58.6 Å². The first-order valence-electron chi connectivity index (χ1n) is 6.12. The molecule has 0 fully saturated rings. The molecular formula is C15H14ClNO3. The molecule has 0 aliphatic rings. The van der Waals surface area contributed by atoms with Gasteiger partial charge in [0.2, 0.25) is 5.91 Å². The number of para-hydroxylation sites is 3. The zero-order valence-electron chi connectivity index (χ0n) is 10.7. The van der Waals surface area contributed by atoms with Crippen molar-refractivity contribution >= 4 is 23.2 Å². The number of amides is 1. The average Bonchev–Trinajstić information content (AvgIpc) is 2.43. The summed E-state index contributed by atoms with van der Waals surface area (Å²) < 4.78 is 5.42. The Labute approximate surface area is 122 Å². The van der Waals surface area contributed by atoms with E-state index in [2.05, 4.69) is 5.32 Å². The molecule has 0 bridgehead atoms. The second-order valence-electron chi connectivity index (χ2n) is 4.09. The van der Waals surface area contributed by atoms with Gasteiger partial charge in [0.25, 0.3) is 0 Å². The molecule has 0 unspecified atom stereocenters. The SMILES string of the molecule is O=C(CCOc1ccccc1Cl)Nc1ccccc1O. The summed E-state index contributed by atoms with van der Waals surface area (Å²) in [6.45, 7) is 0.211. The molecule has 0 aromatic heterocycles. The Balaban J connectivity index is 1.82. The summed E-state index contributed by atoms with van der Waals surface area (Å²) in [4.78, 5) is 11.7. The predicted octanol–water partition coefficient (Wildman–Crippen LogP) is 3.45. The zero-order chi connectivity index (χ0) is 14.4. The third-order valence-corrected chi connectivity index (χ3v) is 2.91. The molecule has 0 radical (unpaired) electrons. The highest BCUT2D eigenvalue weighted by Gasteiger charge is 2.06. The number of nitrogens with one attached hydrogen (secondary N) is 1. The van der Waals surface area contributed by atoms with Crippen LogP contribution in [0.1, 0.15) is 6.42 Å². The van der Waals surface area contributed by atoms with Gasteiger partial charge in [0.05, 0.1) is 23.7 Å². The van der Waals surface area contributed by atoms with Crippen LogP contribution in [0.15, 0.2) is 48.5 Å². The van der Waals surface area contributed by atoms with E-state index in [9.17, 15) is 9.90 Å². The first kappa shape index (κ1) is 14.2. The Morgan fingerprint density at radius 2 is 1.85 bits per heavy atom. The molecule has 20 heavy (non-hydrogen) atoms. The maximum absolute atomic E-state index is 11.7. The van der Waals surface area contributed by atoms with Gasteiger partial charge in [0, 0.05) is 0 Å². The molecule has 0 atom stereocenters. The van der Waals surface area contributed by atoms with E-state index in [1.807, 2.05) is 6.07 Å². The largest absolute Gasteiger partial charge is 0.506 e. The highest BCUT2D eigenvalue weighted by molar-refractivity contribution is 6.32. The Bertz CT molecular complexity index is 601. The average molecular weight is 292 g/mol. The molecule has 2 rings (SSSR count). The van der Waals surface area contributed by atoms with Gasteiger partial charge in [-0.05, 0) is 24.3 Å². The molecule has 0 spiro atoms. The number of halogens is 1. The van der Waals surface area contributed by atoms with Crippen LogP contribution < -0.4 is 10.1 Å². The lowest BCUT2D eigenvalue weighted by atomic mass is 10.3. The summed E-state index contributed by atoms with van der Waals surface area (Å²) in [6.07, 6.45) is 0.166. The van der Waals surface area contributed by atoms with Crippen LogP contribution in [0.25, 0.3) is 0 Å². The molecule has 0 aliphatic heterocycles. The van der Waals surface area contributed by atoms with Gasteiger partial charge in [-0.2, -0.15) is 0 Å². The smallest absolute Gasteiger partial charge is 0.227 e. The second kappa shape index (κ2) is 6.82. The summed E-state index contributed by atoms with van der Waals surface area (Å²) in [6, 6.07) is 13.6. The number of carbonyl (C=O) groups is 1. The summed E-state index contributed by atoms with van der Waals surface area (Å²) >= 11 is 5.93. The van der Waals surface area contributed by atoms with Crippen molar-refractivity contribution in [3.8, 4) is 11.5 Å². The number of ether oxygens (including phenoxy) is 1. The Morgan fingerprint density at radius 1 is 1.15 bits per heavy atom. The minimum Gasteiger partial charge on any atom is -0.506 e. The quantitative estimate of drug-likeness (QED) is 0.830. The molecule has 4 nitrogen and oxygen atoms in total. The molecule has 2 N–H and O–H groups in total. The van der Waals surface area contributed by atoms with Gasteiger partial charge in [0.1, 0.15) is 11.5 Å². The first-order chi connectivity index (χ1) is 9.66. The molecular weight excluding hydrogens is 278 g/mol. The second-order valence-corrected chi connectivity index (χ2v) is 4.50. The normalized spacial score (nSPS) is 10.1. The van der Waals surface area contributed by atoms with Crippen molar-refractivity contribution in [1.82, 2.24) is 0 Å². The van der Waals surface area contributed by atoms with E-state index in [1.165, 1.54) is 6.07 Å². The van der Waals surface area contributed by atoms with E-state index >= 15 is 0 Å². The van der Waals surface area contributed by atoms with E-state index in [4.69, 9.17) is 16.3 Å². The number of carbonyl (C=O) groups excluding carboxylic acids is 1. The van der Waals surface area contributed by atoms with E-state index < -0.39 is 0 Å². The summed E-state index contributed by atoms with van der Waals surface area (Å²) in [5, 5.41) is 12.7. The molecule has 2 aromatic carbocycles. The van der Waals surface area contributed by atoms with Gasteiger partial charge < -0.3 is 15.2 Å². The molecule has 104 valence electrons. The molecule has 0 heterocycles. The van der Waals surface area contributed by atoms with Crippen molar-refractivity contribution in [3.05, 3.63) is 53.6 Å². The summed E-state index contributed by atoms with van der Waals surface area (Å²) in [5.41, 5.74) is 0.384. The third-order valence-electron chi connectivity index (χ3n) is 2.60. The number of rotatable bonds is 5. The number of benzene rings is 2. The predicted molar refractivity (Wildman–Crippen MR) is 78.3 cm³/mol. The number of phenolic OH excluding ortho intramolecular Hbond substituents is 1. The van der Waals surface area contributed by atoms with Gasteiger partial charge in [-0.25, -0.2) is 0 Å². The highest BCUT2D eigenvalue weighted by Crippen LogP contribution is 2.24. The Kier molecular flexibility index (Phi) is 4.85. The molecule has 5 heteroatoms. The fourth-order valence-electron chi connectivity index (χ4n) is 1.61. The minimum atomic E-state index is -0.237. The maximum atomic E-state index is 11.7. The Hall–Kier alpha value is -2.20. The molecule has 2 aromatic rings. The van der Waals surface area contributed by atoms with Crippen molar-refractivity contribution in [2.24, 2.45) is 0 Å². The van der Waals surface area contributed by atoms with E-state index in [1.54, 1.807) is 36.4 Å². The fraction of sp³-hybridized carbons (Fsp3) is 0.133. The standard InChI is InChI=1S/C15H14ClNO3/c16-11-5-1-4-8-14(11)20-10-9-15(19)17-12-6-2-3-7-13(12)18/h1-8,18H,9-10H2,(H,17,19). The van der Waals surface area contributed by atoms with Gasteiger partial charge in [-0.15, -0.1) is 0 Å². The number of hydrogen-bond donors (Lipinski definition) is 2. The van der Waals surface area contributed by atoms with Gasteiger partial charge in [-0.1, -0.05) is 35.9 Å². The third kappa shape index (κ3) is 3.90. The van der Waals surface area contributed by atoms with Gasteiger partial charge in [0.15, 0.2) is 0 Å². The van der Waals surface area contributed by atoms with E-state index in [0.29, 0.717) is 16.5 Å². The minimum absolute atomic E-state index is 0.0351. The first-order valence-corrected chi connectivity index (χ1v) is 6.50. The van der Waals surface area contributed by atoms with Gasteiger partial charge >= 0.3 is 0 Å². The van der Waals surface area contributed by atoms with Crippen molar-refractivity contribution < 1.29 is 14.6 Å². The van der Waals surface area contributed by atoms with Crippen LogP contribution in [0.2, 0.25) is 5.02 Å². The van der Waals surface area contributed by atoms with Crippen LogP contribution in [0.5, 0.6) is 11.5 Å². The van der Waals surface area contributed by atoms with Crippen LogP contribution in [-0.2, 0) is 4.79 Å². The zero-order valence-corrected chi connectivity index (χ0v) is 11.4. The maximum Gasteiger partial charge on any atom is 0.227 e. The van der Waals surface area contributed by atoms with Crippen molar-refractivity contribution in [3.63, 3.8) is 0 Å². The number of aromatic hydroxyl groups is 1. The fourth-order valence-corrected chi connectivity index (χ4v) is 1.80. The van der Waals surface area contributed by atoms with Crippen molar-refractivity contribution in [1.29, 1.82) is 0 Å². The number of phenols is 1. The molecule has 1 amide bonds. The van der Waals surface area contributed by atoms with Crippen LogP contribution in [0.4, 0.5) is 5.69 Å². The van der Waals surface area contributed by atoms with Crippen molar-refractivity contribution in [2.75, 3.05) is 11.9 Å². The van der Waals surface area contributed by atoms with Crippen LogP contribution in [0.3, 0.4) is 0 Å². The van der Waals surface area contributed by atoms with Crippen LogP contribution in [-0.4, -0.2) is 17.6 Å². The van der Waals surface area contributed by atoms with Crippen molar-refractivity contribution in [2.45, 2.75) is 6.42 Å². The van der Waals surface area contributed by atoms with Gasteiger partial charge in [-0.3, -0.25) is 4.79 Å². The monoisotopic (exact) mass is 291 g/mol. The molecule has 0 aliphatic carbocycles. The lowest BCUT2D eigenvalue weighted by Crippen LogP contribution is -2.15. The summed E-state index contributed by atoms with van der Waals surface area (Å²) in [5.74, 6) is 0.343. The lowest BCUT2D eigenvalue weighted by molar-refractivity contribution is -0.116. The van der Waals surface area contributed by atoms with E-state index in [0.717, 1.165) is 0 Å². The van der Waals surface area contributed by atoms with Crippen LogP contribution in [0, 0.1) is 0 Å². The number of hydrogen-bond acceptors (Lipinski definition) is 3. The van der Waals surface area contributed by atoms with E-state index in [-0.39, 0.29) is 24.7 Å². The number of anilines is 1. The summed E-state index contributed by atoms with van der Waals surface area (Å²) in [7, 11) is 0. The Morgan fingerprint density at radius 3 is 2.60 bits per heavy atom. The lowest BCUT2D eigenvalue weighted by Gasteiger charge is -2.09. The molecule has 0 saturated carbocycles.